The third-order valence-electron chi connectivity index (χ3n) is 5.17. The Morgan fingerprint density at radius 3 is 2.50 bits per heavy atom. The molecule has 1 aliphatic heterocycles. The van der Waals surface area contributed by atoms with Crippen molar-refractivity contribution in [2.45, 2.75) is 11.5 Å². The summed E-state index contributed by atoms with van der Waals surface area (Å²) in [5.41, 5.74) is 1.43. The zero-order valence-electron chi connectivity index (χ0n) is 17.2. The van der Waals surface area contributed by atoms with Gasteiger partial charge in [0.1, 0.15) is 12.4 Å². The molecule has 3 aromatic rings. The maximum atomic E-state index is 13.0. The van der Waals surface area contributed by atoms with Crippen LogP contribution in [0, 0.1) is 0 Å². The summed E-state index contributed by atoms with van der Waals surface area (Å²) in [5.74, 6) is 0.429. The number of carbonyl (C=O) groups is 1. The number of pyridine rings is 1. The second-order valence-corrected chi connectivity index (χ2v) is 9.71. The van der Waals surface area contributed by atoms with Gasteiger partial charge < -0.3 is 9.64 Å². The second kappa shape index (κ2) is 9.68. The number of halogens is 1. The zero-order chi connectivity index (χ0) is 22.6. The summed E-state index contributed by atoms with van der Waals surface area (Å²) in [4.78, 5) is 18.8. The summed E-state index contributed by atoms with van der Waals surface area (Å²) in [6.07, 6.45) is 3.43. The summed E-state index contributed by atoms with van der Waals surface area (Å²) < 4.78 is 32.9. The van der Waals surface area contributed by atoms with Crippen LogP contribution in [0.4, 0.5) is 0 Å². The number of sulfonamides is 1. The van der Waals surface area contributed by atoms with Gasteiger partial charge in [0.25, 0.3) is 5.91 Å². The molecular weight excluding hydrogens is 450 g/mol. The van der Waals surface area contributed by atoms with Crippen LogP contribution in [-0.4, -0.2) is 54.7 Å². The molecular formula is C23H22ClN3O4S. The standard InChI is InChI=1S/C23H22ClN3O4S/c24-20-6-2-8-22(15-20)32(29,30)27-12-10-26(11-13-27)23(28)19-5-1-7-21(14-19)31-17-18-4-3-9-25-16-18/h1-9,14-16H,10-13,17H2. The van der Waals surface area contributed by atoms with E-state index in [2.05, 4.69) is 4.98 Å². The van der Waals surface area contributed by atoms with E-state index in [1.807, 2.05) is 12.1 Å². The summed E-state index contributed by atoms with van der Waals surface area (Å²) in [5, 5.41) is 0.366. The molecule has 0 bridgehead atoms. The summed E-state index contributed by atoms with van der Waals surface area (Å²) in [6, 6.07) is 16.9. The van der Waals surface area contributed by atoms with Gasteiger partial charge in [-0.3, -0.25) is 9.78 Å². The Morgan fingerprint density at radius 2 is 1.78 bits per heavy atom. The number of ether oxygens (including phenoxy) is 1. The topological polar surface area (TPSA) is 79.8 Å². The van der Waals surface area contributed by atoms with Crippen molar-refractivity contribution < 1.29 is 17.9 Å². The van der Waals surface area contributed by atoms with Crippen LogP contribution in [0.1, 0.15) is 15.9 Å². The first-order valence-corrected chi connectivity index (χ1v) is 11.9. The van der Waals surface area contributed by atoms with Gasteiger partial charge in [0.05, 0.1) is 4.90 Å². The quantitative estimate of drug-likeness (QED) is 0.550. The molecule has 0 radical (unpaired) electrons. The number of aromatic nitrogens is 1. The van der Waals surface area contributed by atoms with Crippen molar-refractivity contribution in [3.63, 3.8) is 0 Å². The van der Waals surface area contributed by atoms with Crippen molar-refractivity contribution >= 4 is 27.5 Å². The minimum absolute atomic E-state index is 0.156. The van der Waals surface area contributed by atoms with E-state index in [4.69, 9.17) is 16.3 Å². The second-order valence-electron chi connectivity index (χ2n) is 7.33. The van der Waals surface area contributed by atoms with Crippen LogP contribution in [0.2, 0.25) is 5.02 Å². The van der Waals surface area contributed by atoms with Crippen molar-refractivity contribution in [1.82, 2.24) is 14.2 Å². The highest BCUT2D eigenvalue weighted by Gasteiger charge is 2.30. The molecule has 0 atom stereocenters. The SMILES string of the molecule is O=C(c1cccc(OCc2cccnc2)c1)N1CCN(S(=O)(=O)c2cccc(Cl)c2)CC1. The maximum Gasteiger partial charge on any atom is 0.254 e. The van der Waals surface area contributed by atoms with Crippen molar-refractivity contribution in [1.29, 1.82) is 0 Å². The normalized spacial score (nSPS) is 14.8. The van der Waals surface area contributed by atoms with Crippen LogP contribution in [0.25, 0.3) is 0 Å². The molecule has 2 aromatic carbocycles. The van der Waals surface area contributed by atoms with E-state index in [0.29, 0.717) is 36.0 Å². The van der Waals surface area contributed by atoms with E-state index in [0.717, 1.165) is 5.56 Å². The number of carbonyl (C=O) groups excluding carboxylic acids is 1. The molecule has 9 heteroatoms. The van der Waals surface area contributed by atoms with E-state index < -0.39 is 10.0 Å². The molecule has 1 aromatic heterocycles. The van der Waals surface area contributed by atoms with Crippen molar-refractivity contribution in [2.75, 3.05) is 26.2 Å². The molecule has 0 N–H and O–H groups in total. The molecule has 1 fully saturated rings. The smallest absolute Gasteiger partial charge is 0.254 e. The number of hydrogen-bond donors (Lipinski definition) is 0. The summed E-state index contributed by atoms with van der Waals surface area (Å²) >= 11 is 5.94. The molecule has 7 nitrogen and oxygen atoms in total. The molecule has 0 unspecified atom stereocenters. The van der Waals surface area contributed by atoms with E-state index >= 15 is 0 Å². The fourth-order valence-electron chi connectivity index (χ4n) is 3.46. The molecule has 1 aliphatic rings. The van der Waals surface area contributed by atoms with Crippen LogP contribution in [0.15, 0.2) is 78.0 Å². The monoisotopic (exact) mass is 471 g/mol. The number of piperazine rings is 1. The van der Waals surface area contributed by atoms with Gasteiger partial charge in [-0.1, -0.05) is 29.8 Å². The first-order valence-electron chi connectivity index (χ1n) is 10.1. The average molecular weight is 472 g/mol. The minimum atomic E-state index is -3.65. The van der Waals surface area contributed by atoms with E-state index in [9.17, 15) is 13.2 Å². The van der Waals surface area contributed by atoms with Gasteiger partial charge in [-0.2, -0.15) is 4.31 Å². The lowest BCUT2D eigenvalue weighted by Crippen LogP contribution is -2.50. The Labute approximate surface area is 192 Å². The molecule has 0 saturated carbocycles. The van der Waals surface area contributed by atoms with Crippen LogP contribution < -0.4 is 4.74 Å². The predicted molar refractivity (Wildman–Crippen MR) is 121 cm³/mol. The van der Waals surface area contributed by atoms with E-state index in [-0.39, 0.29) is 23.9 Å². The number of benzene rings is 2. The van der Waals surface area contributed by atoms with Crippen molar-refractivity contribution in [3.05, 3.63) is 89.2 Å². The Hall–Kier alpha value is -2.94. The molecule has 1 amide bonds. The predicted octanol–water partition coefficient (Wildman–Crippen LogP) is 3.46. The Morgan fingerprint density at radius 1 is 1.00 bits per heavy atom. The minimum Gasteiger partial charge on any atom is -0.489 e. The first-order chi connectivity index (χ1) is 15.4. The fourth-order valence-corrected chi connectivity index (χ4v) is 5.18. The van der Waals surface area contributed by atoms with Crippen LogP contribution >= 0.6 is 11.6 Å². The van der Waals surface area contributed by atoms with Crippen LogP contribution in [0.5, 0.6) is 5.75 Å². The van der Waals surface area contributed by atoms with Crippen molar-refractivity contribution in [3.8, 4) is 5.75 Å². The lowest BCUT2D eigenvalue weighted by atomic mass is 10.1. The lowest BCUT2D eigenvalue weighted by molar-refractivity contribution is 0.0697. The number of hydrogen-bond acceptors (Lipinski definition) is 5. The maximum absolute atomic E-state index is 13.0. The fraction of sp³-hybridized carbons (Fsp3) is 0.217. The summed E-state index contributed by atoms with van der Waals surface area (Å²) in [7, 11) is -3.65. The lowest BCUT2D eigenvalue weighted by Gasteiger charge is -2.34. The van der Waals surface area contributed by atoms with Gasteiger partial charge in [-0.05, 0) is 42.5 Å². The van der Waals surface area contributed by atoms with Gasteiger partial charge in [0.2, 0.25) is 10.0 Å². The summed E-state index contributed by atoms with van der Waals surface area (Å²) in [6.45, 7) is 1.40. The van der Waals surface area contributed by atoms with Gasteiger partial charge in [-0.15, -0.1) is 0 Å². The van der Waals surface area contributed by atoms with Gasteiger partial charge in [0.15, 0.2) is 0 Å². The third-order valence-corrected chi connectivity index (χ3v) is 7.30. The van der Waals surface area contributed by atoms with Crippen LogP contribution in [-0.2, 0) is 16.6 Å². The molecule has 0 spiro atoms. The van der Waals surface area contributed by atoms with Crippen molar-refractivity contribution in [2.24, 2.45) is 0 Å². The van der Waals surface area contributed by atoms with Crippen LogP contribution in [0.3, 0.4) is 0 Å². The number of amides is 1. The highest BCUT2D eigenvalue weighted by Crippen LogP contribution is 2.22. The molecule has 166 valence electrons. The van der Waals surface area contributed by atoms with E-state index in [1.54, 1.807) is 53.7 Å². The zero-order valence-corrected chi connectivity index (χ0v) is 18.8. The molecule has 32 heavy (non-hydrogen) atoms. The molecule has 2 heterocycles. The first kappa shape index (κ1) is 22.3. The molecule has 4 rings (SSSR count). The number of nitrogens with zero attached hydrogens (tertiary/aromatic N) is 3. The van der Waals surface area contributed by atoms with Gasteiger partial charge in [-0.25, -0.2) is 8.42 Å². The highest BCUT2D eigenvalue weighted by molar-refractivity contribution is 7.89. The highest BCUT2D eigenvalue weighted by atomic mass is 35.5. The Kier molecular flexibility index (Phi) is 6.74. The molecule has 0 aliphatic carbocycles. The number of rotatable bonds is 6. The largest absolute Gasteiger partial charge is 0.489 e. The average Bonchev–Trinajstić information content (AvgIpc) is 2.83. The van der Waals surface area contributed by atoms with Gasteiger partial charge in [0, 0.05) is 54.7 Å². The Bertz CT molecular complexity index is 1200. The third kappa shape index (κ3) is 5.09. The van der Waals surface area contributed by atoms with E-state index in [1.165, 1.54) is 16.4 Å². The molecule has 1 saturated heterocycles. The van der Waals surface area contributed by atoms with Gasteiger partial charge >= 0.3 is 0 Å². The Balaban J connectivity index is 1.38.